The Morgan fingerprint density at radius 1 is 1.36 bits per heavy atom. The van der Waals surface area contributed by atoms with Gasteiger partial charge < -0.3 is 10.2 Å². The Morgan fingerprint density at radius 2 is 2.00 bits per heavy atom. The van der Waals surface area contributed by atoms with Gasteiger partial charge in [0.2, 0.25) is 0 Å². The Kier molecular flexibility index (Phi) is 3.12. The highest BCUT2D eigenvalue weighted by molar-refractivity contribution is 5.70. The maximum absolute atomic E-state index is 10.7. The molecule has 3 nitrogen and oxygen atoms in total. The van der Waals surface area contributed by atoms with Gasteiger partial charge in [-0.05, 0) is 23.6 Å². The number of phenolic OH excluding ortho intramolecular Hbond substituents is 1. The molecular weight excluding hydrogens is 180 g/mol. The first-order valence-corrected chi connectivity index (χ1v) is 4.54. The van der Waals surface area contributed by atoms with Crippen molar-refractivity contribution in [2.24, 2.45) is 5.92 Å². The monoisotopic (exact) mass is 194 g/mol. The van der Waals surface area contributed by atoms with Crippen molar-refractivity contribution in [1.29, 1.82) is 0 Å². The molecule has 0 aliphatic heterocycles. The molecule has 3 heteroatoms. The maximum atomic E-state index is 10.7. The normalized spacial score (nSPS) is 14.7. The average Bonchev–Trinajstić information content (AvgIpc) is 2.15. The zero-order chi connectivity index (χ0) is 10.7. The van der Waals surface area contributed by atoms with Crippen molar-refractivity contribution in [3.63, 3.8) is 0 Å². The van der Waals surface area contributed by atoms with Gasteiger partial charge in [0.05, 0.1) is 5.92 Å². The minimum absolute atomic E-state index is 0.0976. The first-order valence-electron chi connectivity index (χ1n) is 4.54. The van der Waals surface area contributed by atoms with E-state index < -0.39 is 11.9 Å². The van der Waals surface area contributed by atoms with Crippen LogP contribution in [0.3, 0.4) is 0 Å². The van der Waals surface area contributed by atoms with Crippen molar-refractivity contribution < 1.29 is 15.0 Å². The quantitative estimate of drug-likeness (QED) is 0.775. The van der Waals surface area contributed by atoms with Crippen LogP contribution >= 0.6 is 0 Å². The summed E-state index contributed by atoms with van der Waals surface area (Å²) >= 11 is 0. The summed E-state index contributed by atoms with van der Waals surface area (Å²) < 4.78 is 0. The van der Waals surface area contributed by atoms with Gasteiger partial charge in [-0.1, -0.05) is 26.0 Å². The molecule has 0 aromatic heterocycles. The number of hydrogen-bond donors (Lipinski definition) is 2. The zero-order valence-electron chi connectivity index (χ0n) is 8.27. The van der Waals surface area contributed by atoms with Crippen molar-refractivity contribution in [1.82, 2.24) is 0 Å². The van der Waals surface area contributed by atoms with Crippen molar-refractivity contribution in [3.8, 4) is 5.75 Å². The highest BCUT2D eigenvalue weighted by Crippen LogP contribution is 2.26. The Balaban J connectivity index is 2.89. The number of rotatable bonds is 3. The number of aromatic hydroxyl groups is 1. The number of phenols is 1. The van der Waals surface area contributed by atoms with Crippen molar-refractivity contribution in [2.45, 2.75) is 19.8 Å². The van der Waals surface area contributed by atoms with E-state index in [4.69, 9.17) is 5.11 Å². The fraction of sp³-hybridized carbons (Fsp3) is 0.364. The molecule has 0 bridgehead atoms. The standard InChI is InChI=1S/C11H14O3/c1-7(8(2)11(13)14)9-4-3-5-10(12)6-9/h3-8,12H,1-2H3,(H,13,14). The molecule has 14 heavy (non-hydrogen) atoms. The van der Waals surface area contributed by atoms with E-state index in [0.717, 1.165) is 5.56 Å². The molecule has 1 rings (SSSR count). The summed E-state index contributed by atoms with van der Waals surface area (Å²) in [6.45, 7) is 3.50. The van der Waals surface area contributed by atoms with Crippen molar-refractivity contribution in [2.75, 3.05) is 0 Å². The lowest BCUT2D eigenvalue weighted by Crippen LogP contribution is -2.16. The van der Waals surface area contributed by atoms with Crippen LogP contribution in [0.15, 0.2) is 24.3 Å². The van der Waals surface area contributed by atoms with Gasteiger partial charge in [0.1, 0.15) is 5.75 Å². The molecule has 0 radical (unpaired) electrons. The number of carboxylic acids is 1. The van der Waals surface area contributed by atoms with Gasteiger partial charge in [-0.15, -0.1) is 0 Å². The number of carboxylic acid groups (broad SMARTS) is 1. The summed E-state index contributed by atoms with van der Waals surface area (Å²) in [5.74, 6) is -1.19. The van der Waals surface area contributed by atoms with Gasteiger partial charge in [-0.25, -0.2) is 0 Å². The SMILES string of the molecule is CC(C(=O)O)C(C)c1cccc(O)c1. The highest BCUT2D eigenvalue weighted by atomic mass is 16.4. The summed E-state index contributed by atoms with van der Waals surface area (Å²) in [5.41, 5.74) is 0.847. The topological polar surface area (TPSA) is 57.5 Å². The fourth-order valence-electron chi connectivity index (χ4n) is 1.31. The lowest BCUT2D eigenvalue weighted by atomic mass is 9.89. The van der Waals surface area contributed by atoms with E-state index in [1.165, 1.54) is 0 Å². The summed E-state index contributed by atoms with van der Waals surface area (Å²) in [6.07, 6.45) is 0. The molecule has 0 fully saturated rings. The highest BCUT2D eigenvalue weighted by Gasteiger charge is 2.20. The molecule has 0 spiro atoms. The Morgan fingerprint density at radius 3 is 2.50 bits per heavy atom. The first kappa shape index (κ1) is 10.6. The molecule has 0 heterocycles. The van der Waals surface area contributed by atoms with E-state index in [-0.39, 0.29) is 11.7 Å². The predicted octanol–water partition coefficient (Wildman–Crippen LogP) is 2.22. The van der Waals surface area contributed by atoms with E-state index in [1.807, 2.05) is 13.0 Å². The van der Waals surface area contributed by atoms with Gasteiger partial charge in [0.15, 0.2) is 0 Å². The Labute approximate surface area is 83.0 Å². The third-order valence-corrected chi connectivity index (χ3v) is 2.54. The van der Waals surface area contributed by atoms with Crippen LogP contribution in [0.5, 0.6) is 5.75 Å². The van der Waals surface area contributed by atoms with Gasteiger partial charge in [0, 0.05) is 0 Å². The number of benzene rings is 1. The molecule has 0 saturated heterocycles. The molecular formula is C11H14O3. The van der Waals surface area contributed by atoms with Crippen molar-refractivity contribution in [3.05, 3.63) is 29.8 Å². The summed E-state index contributed by atoms with van der Waals surface area (Å²) in [6, 6.07) is 6.71. The van der Waals surface area contributed by atoms with Gasteiger partial charge in [-0.3, -0.25) is 4.79 Å². The van der Waals surface area contributed by atoms with E-state index in [2.05, 4.69) is 0 Å². The lowest BCUT2D eigenvalue weighted by Gasteiger charge is -2.16. The molecule has 2 atom stereocenters. The van der Waals surface area contributed by atoms with Crippen LogP contribution in [0.25, 0.3) is 0 Å². The second-order valence-electron chi connectivity index (χ2n) is 3.51. The number of hydrogen-bond acceptors (Lipinski definition) is 2. The van der Waals surface area contributed by atoms with E-state index in [0.29, 0.717) is 0 Å². The van der Waals surface area contributed by atoms with Crippen molar-refractivity contribution >= 4 is 5.97 Å². The number of aliphatic carboxylic acids is 1. The van der Waals surface area contributed by atoms with E-state index in [9.17, 15) is 9.90 Å². The third-order valence-electron chi connectivity index (χ3n) is 2.54. The van der Waals surface area contributed by atoms with Gasteiger partial charge in [-0.2, -0.15) is 0 Å². The second-order valence-corrected chi connectivity index (χ2v) is 3.51. The molecule has 0 amide bonds. The second kappa shape index (κ2) is 4.13. The first-order chi connectivity index (χ1) is 6.52. The Hall–Kier alpha value is -1.51. The molecule has 2 N–H and O–H groups in total. The molecule has 0 saturated carbocycles. The predicted molar refractivity (Wildman–Crippen MR) is 53.3 cm³/mol. The van der Waals surface area contributed by atoms with Crippen LogP contribution in [0.1, 0.15) is 25.3 Å². The lowest BCUT2D eigenvalue weighted by molar-refractivity contribution is -0.141. The molecule has 76 valence electrons. The fourth-order valence-corrected chi connectivity index (χ4v) is 1.31. The molecule has 2 unspecified atom stereocenters. The molecule has 0 aliphatic carbocycles. The van der Waals surface area contributed by atoms with E-state index >= 15 is 0 Å². The largest absolute Gasteiger partial charge is 0.508 e. The Bertz CT molecular complexity index is 333. The molecule has 1 aromatic rings. The molecule has 1 aromatic carbocycles. The molecule has 0 aliphatic rings. The average molecular weight is 194 g/mol. The van der Waals surface area contributed by atoms with Crippen LogP contribution < -0.4 is 0 Å². The summed E-state index contributed by atoms with van der Waals surface area (Å²) in [4.78, 5) is 10.7. The minimum Gasteiger partial charge on any atom is -0.508 e. The van der Waals surface area contributed by atoms with Crippen LogP contribution in [0, 0.1) is 5.92 Å². The minimum atomic E-state index is -0.819. The zero-order valence-corrected chi connectivity index (χ0v) is 8.27. The van der Waals surface area contributed by atoms with Gasteiger partial charge >= 0.3 is 5.97 Å². The van der Waals surface area contributed by atoms with Gasteiger partial charge in [0.25, 0.3) is 0 Å². The van der Waals surface area contributed by atoms with Crippen LogP contribution in [-0.2, 0) is 4.79 Å². The summed E-state index contributed by atoms with van der Waals surface area (Å²) in [5, 5.41) is 18.1. The third kappa shape index (κ3) is 2.25. The summed E-state index contributed by atoms with van der Waals surface area (Å²) in [7, 11) is 0. The van der Waals surface area contributed by atoms with Crippen LogP contribution in [-0.4, -0.2) is 16.2 Å². The van der Waals surface area contributed by atoms with E-state index in [1.54, 1.807) is 25.1 Å². The maximum Gasteiger partial charge on any atom is 0.306 e. The smallest absolute Gasteiger partial charge is 0.306 e. The van der Waals surface area contributed by atoms with Crippen LogP contribution in [0.2, 0.25) is 0 Å². The number of carbonyl (C=O) groups is 1. The van der Waals surface area contributed by atoms with Crippen LogP contribution in [0.4, 0.5) is 0 Å².